The third-order valence-corrected chi connectivity index (χ3v) is 5.13. The topological polar surface area (TPSA) is 54.4 Å². The molecule has 0 fully saturated rings. The van der Waals surface area contributed by atoms with Crippen LogP contribution in [0.25, 0.3) is 0 Å². The van der Waals surface area contributed by atoms with Crippen LogP contribution in [-0.4, -0.2) is 34.0 Å². The first-order chi connectivity index (χ1) is 11.7. The van der Waals surface area contributed by atoms with Crippen LogP contribution in [0.1, 0.15) is 5.56 Å². The van der Waals surface area contributed by atoms with Crippen molar-refractivity contribution in [2.75, 3.05) is 18.1 Å². The molecule has 1 aromatic heterocycles. The van der Waals surface area contributed by atoms with Crippen molar-refractivity contribution < 1.29 is 17.4 Å². The first-order valence-corrected chi connectivity index (χ1v) is 8.87. The molecule has 0 bridgehead atoms. The summed E-state index contributed by atoms with van der Waals surface area (Å²) in [6.45, 7) is 0. The lowest BCUT2D eigenvalue weighted by atomic mass is 10.2. The Balaban J connectivity index is 2.35. The molecule has 4 nitrogen and oxygen atoms in total. The molecule has 0 aliphatic heterocycles. The zero-order chi connectivity index (χ0) is 18.6. The van der Waals surface area contributed by atoms with E-state index in [-0.39, 0.29) is 20.6 Å². The molecule has 10 heteroatoms. The number of benzene rings is 1. The van der Waals surface area contributed by atoms with Crippen LogP contribution in [0.2, 0.25) is 10.0 Å². The van der Waals surface area contributed by atoms with Gasteiger partial charge in [0.15, 0.2) is 0 Å². The fourth-order valence-electron chi connectivity index (χ4n) is 1.91. The average molecular weight is 410 g/mol. The van der Waals surface area contributed by atoms with Crippen molar-refractivity contribution in [3.63, 3.8) is 0 Å². The van der Waals surface area contributed by atoms with Crippen molar-refractivity contribution in [3.8, 4) is 0 Å². The molecule has 1 unspecified atom stereocenters. The molecule has 0 aliphatic carbocycles. The lowest BCUT2D eigenvalue weighted by molar-refractivity contribution is -0.105. The lowest BCUT2D eigenvalue weighted by Gasteiger charge is -2.14. The van der Waals surface area contributed by atoms with Crippen molar-refractivity contribution in [3.05, 3.63) is 52.3 Å². The van der Waals surface area contributed by atoms with Crippen molar-refractivity contribution in [2.45, 2.75) is 11.1 Å². The number of amidine groups is 1. The number of aliphatic imine (C=N–C) groups is 1. The lowest BCUT2D eigenvalue weighted by Crippen LogP contribution is -2.19. The second-order valence-corrected chi connectivity index (χ2v) is 7.04. The van der Waals surface area contributed by atoms with E-state index in [1.54, 1.807) is 24.5 Å². The Bertz CT molecular complexity index is 814. The maximum Gasteiger partial charge on any atom is 0.400 e. The van der Waals surface area contributed by atoms with E-state index < -0.39 is 22.7 Å². The Kier molecular flexibility index (Phi) is 6.42. The van der Waals surface area contributed by atoms with E-state index in [9.17, 15) is 17.4 Å². The second kappa shape index (κ2) is 8.16. The van der Waals surface area contributed by atoms with Crippen molar-refractivity contribution in [1.29, 1.82) is 0 Å². The summed E-state index contributed by atoms with van der Waals surface area (Å²) >= 11 is 12.0. The Hall–Kier alpha value is -1.64. The minimum atomic E-state index is -4.58. The summed E-state index contributed by atoms with van der Waals surface area (Å²) in [5.41, 5.74) is 0.884. The van der Waals surface area contributed by atoms with Gasteiger partial charge in [-0.25, -0.2) is 0 Å². The Morgan fingerprint density at radius 1 is 1.32 bits per heavy atom. The number of halogens is 5. The van der Waals surface area contributed by atoms with E-state index in [0.717, 1.165) is 0 Å². The minimum absolute atomic E-state index is 0.102. The van der Waals surface area contributed by atoms with Crippen molar-refractivity contribution in [2.24, 2.45) is 4.99 Å². The third-order valence-electron chi connectivity index (χ3n) is 2.97. The predicted molar refractivity (Wildman–Crippen MR) is 94.1 cm³/mol. The summed E-state index contributed by atoms with van der Waals surface area (Å²) in [5, 5.41) is 2.96. The largest absolute Gasteiger partial charge is 0.400 e. The average Bonchev–Trinajstić information content (AvgIpc) is 2.53. The molecule has 0 amide bonds. The molecule has 134 valence electrons. The van der Waals surface area contributed by atoms with Gasteiger partial charge in [-0.1, -0.05) is 23.2 Å². The molecule has 0 saturated carbocycles. The summed E-state index contributed by atoms with van der Waals surface area (Å²) in [4.78, 5) is 7.88. The molecule has 0 aliphatic rings. The smallest absolute Gasteiger partial charge is 0.339 e. The number of rotatable bonds is 4. The molecule has 1 N–H and O–H groups in total. The predicted octanol–water partition coefficient (Wildman–Crippen LogP) is 4.55. The maximum atomic E-state index is 12.5. The fraction of sp³-hybridized carbons (Fsp3) is 0.200. The highest BCUT2D eigenvalue weighted by Crippen LogP contribution is 2.33. The highest BCUT2D eigenvalue weighted by molar-refractivity contribution is 7.85. The number of anilines is 1. The van der Waals surface area contributed by atoms with E-state index in [0.29, 0.717) is 11.4 Å². The first-order valence-electron chi connectivity index (χ1n) is 6.79. The number of hydrogen-bond acceptors (Lipinski definition) is 3. The molecule has 1 atom stereocenters. The normalized spacial score (nSPS) is 13.6. The summed E-state index contributed by atoms with van der Waals surface area (Å²) < 4.78 is 49.4. The van der Waals surface area contributed by atoms with E-state index in [1.165, 1.54) is 19.2 Å². The number of alkyl halides is 3. The number of aromatic nitrogens is 1. The van der Waals surface area contributed by atoms with Gasteiger partial charge in [-0.05, 0) is 24.3 Å². The van der Waals surface area contributed by atoms with Gasteiger partial charge in [0, 0.05) is 25.0 Å². The van der Waals surface area contributed by atoms with Crippen LogP contribution in [0.3, 0.4) is 0 Å². The third kappa shape index (κ3) is 5.42. The summed E-state index contributed by atoms with van der Waals surface area (Å²) in [7, 11) is -0.822. The Labute approximate surface area is 154 Å². The molecular weight excluding hydrogens is 398 g/mol. The molecule has 0 radical (unpaired) electrons. The van der Waals surface area contributed by atoms with Gasteiger partial charge < -0.3 is 5.32 Å². The molecule has 25 heavy (non-hydrogen) atoms. The van der Waals surface area contributed by atoms with Gasteiger partial charge >= 0.3 is 6.18 Å². The van der Waals surface area contributed by atoms with Gasteiger partial charge in [0.2, 0.25) is 0 Å². The molecule has 2 rings (SSSR count). The van der Waals surface area contributed by atoms with E-state index in [2.05, 4.69) is 15.3 Å². The van der Waals surface area contributed by atoms with Crippen molar-refractivity contribution in [1.82, 2.24) is 4.98 Å². The van der Waals surface area contributed by atoms with E-state index in [1.807, 2.05) is 0 Å². The van der Waals surface area contributed by atoms with Crippen molar-refractivity contribution >= 4 is 45.5 Å². The monoisotopic (exact) mass is 409 g/mol. The van der Waals surface area contributed by atoms with Crippen LogP contribution in [0.15, 0.2) is 46.5 Å². The highest BCUT2D eigenvalue weighted by Gasteiger charge is 2.32. The number of hydrogen-bond donors (Lipinski definition) is 1. The SMILES string of the molecule is CN=C(Nc1cc(S(=O)CC(F)(F)F)c(Cl)cc1Cl)c1cccnc1. The molecule has 2 aromatic rings. The van der Waals surface area contributed by atoms with Gasteiger partial charge in [-0.15, -0.1) is 0 Å². The molecule has 1 heterocycles. The van der Waals surface area contributed by atoms with Gasteiger partial charge in [0.25, 0.3) is 0 Å². The van der Waals surface area contributed by atoms with Gasteiger partial charge in [0.1, 0.15) is 11.6 Å². The van der Waals surface area contributed by atoms with Crippen LogP contribution in [0.4, 0.5) is 18.9 Å². The minimum Gasteiger partial charge on any atom is -0.339 e. The number of nitrogens with one attached hydrogen (secondary N) is 1. The summed E-state index contributed by atoms with van der Waals surface area (Å²) in [6, 6.07) is 5.92. The molecule has 1 aromatic carbocycles. The van der Waals surface area contributed by atoms with Crippen LogP contribution in [0.5, 0.6) is 0 Å². The highest BCUT2D eigenvalue weighted by atomic mass is 35.5. The van der Waals surface area contributed by atoms with Crippen LogP contribution in [0, 0.1) is 0 Å². The molecule has 0 saturated heterocycles. The number of nitrogens with zero attached hydrogens (tertiary/aromatic N) is 2. The second-order valence-electron chi connectivity index (χ2n) is 4.81. The van der Waals surface area contributed by atoms with Gasteiger partial charge in [0.05, 0.1) is 31.4 Å². The van der Waals surface area contributed by atoms with E-state index >= 15 is 0 Å². The van der Waals surface area contributed by atoms with E-state index in [4.69, 9.17) is 23.2 Å². The van der Waals surface area contributed by atoms with Crippen LogP contribution in [-0.2, 0) is 10.8 Å². The Morgan fingerprint density at radius 3 is 2.60 bits per heavy atom. The molecule has 0 spiro atoms. The van der Waals surface area contributed by atoms with Gasteiger partial charge in [-0.3, -0.25) is 14.2 Å². The van der Waals surface area contributed by atoms with Crippen LogP contribution < -0.4 is 5.32 Å². The van der Waals surface area contributed by atoms with Crippen LogP contribution >= 0.6 is 23.2 Å². The zero-order valence-corrected chi connectivity index (χ0v) is 15.1. The molecular formula is C15H12Cl2F3N3OS. The standard InChI is InChI=1S/C15H12Cl2F3N3OS/c1-21-14(9-3-2-4-22-7-9)23-12-6-13(11(17)5-10(12)16)25(24)8-15(18,19)20/h2-7H,8H2,1H3,(H,21,23). The Morgan fingerprint density at radius 2 is 2.04 bits per heavy atom. The quantitative estimate of drug-likeness (QED) is 0.595. The number of pyridine rings is 1. The summed E-state index contributed by atoms with van der Waals surface area (Å²) in [6.07, 6.45) is -1.43. The summed E-state index contributed by atoms with van der Waals surface area (Å²) in [5.74, 6) is -1.10. The first kappa shape index (κ1) is 19.7. The van der Waals surface area contributed by atoms with Gasteiger partial charge in [-0.2, -0.15) is 13.2 Å². The zero-order valence-electron chi connectivity index (χ0n) is 12.8. The maximum absolute atomic E-state index is 12.5. The fourth-order valence-corrected chi connectivity index (χ4v) is 3.58.